The summed E-state index contributed by atoms with van der Waals surface area (Å²) < 4.78 is 47.5. The number of carbonyl (C=O) groups is 1. The number of halogens is 3. The summed E-state index contributed by atoms with van der Waals surface area (Å²) in [6, 6.07) is 3.89. The number of nitrogens with one attached hydrogen (secondary N) is 1. The molecule has 0 aliphatic heterocycles. The minimum absolute atomic E-state index is 0.286. The highest BCUT2D eigenvalue weighted by Crippen LogP contribution is 2.31. The van der Waals surface area contributed by atoms with Crippen molar-refractivity contribution >= 4 is 5.91 Å². The van der Waals surface area contributed by atoms with Crippen LogP contribution in [-0.2, 0) is 4.79 Å². The summed E-state index contributed by atoms with van der Waals surface area (Å²) in [4.78, 5) is 11.2. The van der Waals surface area contributed by atoms with Crippen molar-refractivity contribution < 1.29 is 27.4 Å². The van der Waals surface area contributed by atoms with Gasteiger partial charge in [0.25, 0.3) is 0 Å². The molecule has 1 aromatic rings. The van der Waals surface area contributed by atoms with E-state index in [4.69, 9.17) is 15.2 Å². The first-order valence-electron chi connectivity index (χ1n) is 6.63. The molecule has 0 aliphatic rings. The molecule has 0 bridgehead atoms. The molecule has 1 amide bonds. The maximum absolute atomic E-state index is 12.4. The molecule has 0 saturated carbocycles. The number of alkyl halides is 3. The second kappa shape index (κ2) is 7.88. The van der Waals surface area contributed by atoms with Gasteiger partial charge in [-0.1, -0.05) is 6.07 Å². The molecule has 0 heterocycles. The van der Waals surface area contributed by atoms with Gasteiger partial charge in [-0.25, -0.2) is 0 Å². The number of carbonyl (C=O) groups excluding carboxylic acids is 1. The van der Waals surface area contributed by atoms with E-state index in [0.717, 1.165) is 0 Å². The van der Waals surface area contributed by atoms with E-state index in [1.54, 1.807) is 12.1 Å². The monoisotopic (exact) mass is 320 g/mol. The van der Waals surface area contributed by atoms with Gasteiger partial charge in [-0.2, -0.15) is 13.2 Å². The van der Waals surface area contributed by atoms with Crippen LogP contribution in [-0.4, -0.2) is 32.8 Å². The maximum atomic E-state index is 12.4. The Morgan fingerprint density at radius 2 is 1.91 bits per heavy atom. The number of nitrogens with two attached hydrogens (primary N) is 1. The third-order valence-corrected chi connectivity index (χ3v) is 3.07. The standard InChI is InChI=1S/C14H19F3N2O3/c1-21-11-6-5-9(8-12(11)22-2)10(4-3-7-18)19-13(20)14(15,16)17/h5-6,8,10H,3-4,7,18H2,1-2H3,(H,19,20)/t10-/m1/s1. The van der Waals surface area contributed by atoms with Gasteiger partial charge in [-0.15, -0.1) is 0 Å². The fourth-order valence-corrected chi connectivity index (χ4v) is 1.95. The highest BCUT2D eigenvalue weighted by molar-refractivity contribution is 5.82. The van der Waals surface area contributed by atoms with Crippen LogP contribution in [0.4, 0.5) is 13.2 Å². The second-order valence-electron chi connectivity index (χ2n) is 4.57. The lowest BCUT2D eigenvalue weighted by Crippen LogP contribution is -2.39. The van der Waals surface area contributed by atoms with Crippen LogP contribution in [0, 0.1) is 0 Å². The van der Waals surface area contributed by atoms with Crippen molar-refractivity contribution in [1.82, 2.24) is 5.32 Å². The third-order valence-electron chi connectivity index (χ3n) is 3.07. The molecule has 1 atom stereocenters. The van der Waals surface area contributed by atoms with Crippen LogP contribution in [0.1, 0.15) is 24.4 Å². The van der Waals surface area contributed by atoms with Gasteiger partial charge in [0.05, 0.1) is 20.3 Å². The molecule has 0 aliphatic carbocycles. The van der Waals surface area contributed by atoms with Crippen LogP contribution in [0.3, 0.4) is 0 Å². The fraction of sp³-hybridized carbons (Fsp3) is 0.500. The van der Waals surface area contributed by atoms with Crippen molar-refractivity contribution in [2.24, 2.45) is 5.73 Å². The Balaban J connectivity index is 3.03. The molecule has 1 rings (SSSR count). The number of amides is 1. The van der Waals surface area contributed by atoms with E-state index in [1.165, 1.54) is 20.3 Å². The Kier molecular flexibility index (Phi) is 6.48. The first kappa shape index (κ1) is 18.1. The van der Waals surface area contributed by atoms with Crippen LogP contribution in [0.5, 0.6) is 11.5 Å². The van der Waals surface area contributed by atoms with Crippen molar-refractivity contribution in [2.45, 2.75) is 25.1 Å². The second-order valence-corrected chi connectivity index (χ2v) is 4.57. The first-order chi connectivity index (χ1) is 10.3. The zero-order valence-corrected chi connectivity index (χ0v) is 12.4. The maximum Gasteiger partial charge on any atom is 0.471 e. The van der Waals surface area contributed by atoms with Crippen molar-refractivity contribution in [3.8, 4) is 11.5 Å². The van der Waals surface area contributed by atoms with Crippen LogP contribution in [0.25, 0.3) is 0 Å². The minimum Gasteiger partial charge on any atom is -0.493 e. The normalized spacial score (nSPS) is 12.6. The summed E-state index contributed by atoms with van der Waals surface area (Å²) in [7, 11) is 2.87. The number of ether oxygens (including phenoxy) is 2. The van der Waals surface area contributed by atoms with Gasteiger partial charge in [0, 0.05) is 0 Å². The summed E-state index contributed by atoms with van der Waals surface area (Å²) in [6.07, 6.45) is -4.18. The van der Waals surface area contributed by atoms with E-state index in [0.29, 0.717) is 30.0 Å². The third kappa shape index (κ3) is 4.80. The Bertz CT molecular complexity index is 507. The molecule has 3 N–H and O–H groups in total. The Hall–Kier alpha value is -1.96. The molecule has 5 nitrogen and oxygen atoms in total. The van der Waals surface area contributed by atoms with Crippen molar-refractivity contribution in [3.05, 3.63) is 23.8 Å². The van der Waals surface area contributed by atoms with Gasteiger partial charge in [0.2, 0.25) is 0 Å². The molecule has 1 aromatic carbocycles. The molecule has 124 valence electrons. The summed E-state index contributed by atoms with van der Waals surface area (Å²) >= 11 is 0. The number of methoxy groups -OCH3 is 2. The van der Waals surface area contributed by atoms with E-state index >= 15 is 0 Å². The van der Waals surface area contributed by atoms with E-state index in [-0.39, 0.29) is 6.42 Å². The van der Waals surface area contributed by atoms with Gasteiger partial charge >= 0.3 is 12.1 Å². The molecular formula is C14H19F3N2O3. The van der Waals surface area contributed by atoms with Crippen molar-refractivity contribution in [1.29, 1.82) is 0 Å². The lowest BCUT2D eigenvalue weighted by Gasteiger charge is -2.21. The van der Waals surface area contributed by atoms with Crippen LogP contribution < -0.4 is 20.5 Å². The smallest absolute Gasteiger partial charge is 0.471 e. The molecule has 8 heteroatoms. The topological polar surface area (TPSA) is 73.6 Å². The van der Waals surface area contributed by atoms with Gasteiger partial charge in [0.1, 0.15) is 0 Å². The SMILES string of the molecule is COc1ccc([C@@H](CCCN)NC(=O)C(F)(F)F)cc1OC. The van der Waals surface area contributed by atoms with Crippen LogP contribution in [0.15, 0.2) is 18.2 Å². The lowest BCUT2D eigenvalue weighted by atomic mass is 10.0. The highest BCUT2D eigenvalue weighted by Gasteiger charge is 2.39. The lowest BCUT2D eigenvalue weighted by molar-refractivity contribution is -0.174. The molecule has 0 radical (unpaired) electrons. The predicted molar refractivity (Wildman–Crippen MR) is 74.8 cm³/mol. The number of hydrogen-bond donors (Lipinski definition) is 2. The molecule has 0 fully saturated rings. The number of hydrogen-bond acceptors (Lipinski definition) is 4. The fourth-order valence-electron chi connectivity index (χ4n) is 1.95. The predicted octanol–water partition coefficient (Wildman–Crippen LogP) is 2.16. The zero-order valence-electron chi connectivity index (χ0n) is 12.4. The van der Waals surface area contributed by atoms with E-state index in [9.17, 15) is 18.0 Å². The highest BCUT2D eigenvalue weighted by atomic mass is 19.4. The van der Waals surface area contributed by atoms with Crippen molar-refractivity contribution in [3.63, 3.8) is 0 Å². The molecule has 0 saturated heterocycles. The molecule has 0 aromatic heterocycles. The van der Waals surface area contributed by atoms with Crippen LogP contribution in [0.2, 0.25) is 0 Å². The van der Waals surface area contributed by atoms with Gasteiger partial charge in [-0.05, 0) is 37.1 Å². The summed E-state index contributed by atoms with van der Waals surface area (Å²) in [5, 5.41) is 1.98. The quantitative estimate of drug-likeness (QED) is 0.807. The van der Waals surface area contributed by atoms with Crippen molar-refractivity contribution in [2.75, 3.05) is 20.8 Å². The average Bonchev–Trinajstić information content (AvgIpc) is 2.49. The van der Waals surface area contributed by atoms with E-state index < -0.39 is 18.1 Å². The summed E-state index contributed by atoms with van der Waals surface area (Å²) in [5.74, 6) is -1.16. The first-order valence-corrected chi connectivity index (χ1v) is 6.63. The van der Waals surface area contributed by atoms with Gasteiger partial charge in [0.15, 0.2) is 11.5 Å². The van der Waals surface area contributed by atoms with E-state index in [2.05, 4.69) is 0 Å². The zero-order chi connectivity index (χ0) is 16.8. The summed E-state index contributed by atoms with van der Waals surface area (Å²) in [6.45, 7) is 0.311. The minimum atomic E-state index is -4.93. The molecule has 0 unspecified atom stereocenters. The number of rotatable bonds is 7. The average molecular weight is 320 g/mol. The molecule has 22 heavy (non-hydrogen) atoms. The van der Waals surface area contributed by atoms with Crippen LogP contribution >= 0.6 is 0 Å². The molecular weight excluding hydrogens is 301 g/mol. The summed E-state index contributed by atoms with van der Waals surface area (Å²) in [5.41, 5.74) is 5.88. The van der Waals surface area contributed by atoms with Gasteiger partial charge < -0.3 is 20.5 Å². The Labute approximate surface area is 126 Å². The van der Waals surface area contributed by atoms with E-state index in [1.807, 2.05) is 5.32 Å². The Morgan fingerprint density at radius 1 is 1.27 bits per heavy atom. The van der Waals surface area contributed by atoms with Gasteiger partial charge in [-0.3, -0.25) is 4.79 Å². The Morgan fingerprint density at radius 3 is 2.41 bits per heavy atom. The number of benzene rings is 1. The molecule has 0 spiro atoms. The largest absolute Gasteiger partial charge is 0.493 e.